The van der Waals surface area contributed by atoms with Crippen LogP contribution >= 0.6 is 23.2 Å². The van der Waals surface area contributed by atoms with Gasteiger partial charge in [-0.1, -0.05) is 23.2 Å². The van der Waals surface area contributed by atoms with E-state index in [9.17, 15) is 9.65 Å². The molecule has 0 spiro atoms. The van der Waals surface area contributed by atoms with Gasteiger partial charge in [-0.3, -0.25) is 20.3 Å². The van der Waals surface area contributed by atoms with Gasteiger partial charge in [-0.05, 0) is 51.9 Å². The molecule has 4 heterocycles. The number of pyridine rings is 1. The highest BCUT2D eigenvalue weighted by Gasteiger charge is 2.46. The predicted molar refractivity (Wildman–Crippen MR) is 150 cm³/mol. The minimum absolute atomic E-state index is 0.0511. The number of nitrogens with two attached hydrogens (primary N) is 2. The molecule has 2 atom stereocenters. The Kier molecular flexibility index (Phi) is 7.55. The van der Waals surface area contributed by atoms with Crippen molar-refractivity contribution in [2.45, 2.75) is 38.3 Å². The molecule has 2 saturated heterocycles. The van der Waals surface area contributed by atoms with Gasteiger partial charge < -0.3 is 15.4 Å². The molecule has 0 radical (unpaired) electrons. The molecule has 1 aromatic carbocycles. The third-order valence-electron chi connectivity index (χ3n) is 7.81. The van der Waals surface area contributed by atoms with Crippen molar-refractivity contribution in [2.75, 3.05) is 38.5 Å². The van der Waals surface area contributed by atoms with Crippen LogP contribution < -0.4 is 15.9 Å². The quantitative estimate of drug-likeness (QED) is 0.406. The summed E-state index contributed by atoms with van der Waals surface area (Å²) in [4.78, 5) is 13.4. The van der Waals surface area contributed by atoms with E-state index in [1.165, 1.54) is 37.4 Å². The van der Waals surface area contributed by atoms with Crippen molar-refractivity contribution in [1.29, 1.82) is 5.26 Å². The molecule has 0 amide bonds. The minimum Gasteiger partial charge on any atom is -0.483 e. The first-order valence-electron chi connectivity index (χ1n) is 13.0. The number of aliphatic imine (C=N–C) groups is 1. The number of amidine groups is 1. The van der Waals surface area contributed by atoms with Crippen molar-refractivity contribution in [1.82, 2.24) is 14.8 Å². The second kappa shape index (κ2) is 10.8. The number of halogens is 3. The van der Waals surface area contributed by atoms with E-state index in [4.69, 9.17) is 44.1 Å². The Bertz CT molecular complexity index is 1390. The summed E-state index contributed by atoms with van der Waals surface area (Å²) in [5.74, 6) is -0.371. The fourth-order valence-electron chi connectivity index (χ4n) is 5.69. The maximum atomic E-state index is 14.9. The fourth-order valence-corrected chi connectivity index (χ4v) is 6.37. The first kappa shape index (κ1) is 27.4. The molecule has 0 bridgehead atoms. The second-order valence-electron chi connectivity index (χ2n) is 10.6. The summed E-state index contributed by atoms with van der Waals surface area (Å²) in [6.45, 7) is 8.26. The van der Waals surface area contributed by atoms with Crippen molar-refractivity contribution in [3.05, 3.63) is 63.2 Å². The highest BCUT2D eigenvalue weighted by atomic mass is 35.5. The normalized spacial score (nSPS) is 21.4. The van der Waals surface area contributed by atoms with Gasteiger partial charge in [0.1, 0.15) is 18.0 Å². The predicted octanol–water partition coefficient (Wildman–Crippen LogP) is 3.45. The SMILES string of the molecule is C[C@@H](Oc1cc(C(=[NH2+])C2C=C(C#N)C(N3CC(C)(N4CCCC4)C3)=NC2)c(N)cc1F)c1c(Cl)cncc1Cl. The number of nitrogen functional groups attached to an aromatic ring is 1. The largest absolute Gasteiger partial charge is 0.483 e. The molecule has 11 heteroatoms. The summed E-state index contributed by atoms with van der Waals surface area (Å²) in [5, 5.41) is 17.1. The fraction of sp³-hybridized carbons (Fsp3) is 0.429. The molecule has 1 aromatic heterocycles. The lowest BCUT2D eigenvalue weighted by Gasteiger charge is -2.54. The number of benzene rings is 1. The van der Waals surface area contributed by atoms with Crippen LogP contribution in [0.5, 0.6) is 5.75 Å². The van der Waals surface area contributed by atoms with Gasteiger partial charge in [-0.2, -0.15) is 5.26 Å². The maximum Gasteiger partial charge on any atom is 0.191 e. The van der Waals surface area contributed by atoms with Crippen LogP contribution in [-0.2, 0) is 0 Å². The molecule has 8 nitrogen and oxygen atoms in total. The Morgan fingerprint density at radius 3 is 2.56 bits per heavy atom. The van der Waals surface area contributed by atoms with Gasteiger partial charge in [-0.15, -0.1) is 0 Å². The van der Waals surface area contributed by atoms with Crippen molar-refractivity contribution in [2.24, 2.45) is 10.9 Å². The number of nitriles is 1. The van der Waals surface area contributed by atoms with E-state index in [0.717, 1.165) is 26.2 Å². The Balaban J connectivity index is 1.32. The number of rotatable bonds is 6. The number of hydrogen-bond donors (Lipinski definition) is 2. The number of anilines is 1. The van der Waals surface area contributed by atoms with Crippen LogP contribution in [0.1, 0.15) is 43.9 Å². The van der Waals surface area contributed by atoms with E-state index in [0.29, 0.717) is 44.8 Å². The number of hydrogen-bond acceptors (Lipinski definition) is 7. The topological polar surface area (TPSA) is 116 Å². The van der Waals surface area contributed by atoms with Gasteiger partial charge in [0.2, 0.25) is 0 Å². The highest BCUT2D eigenvalue weighted by Crippen LogP contribution is 2.36. The average Bonchev–Trinajstić information content (AvgIpc) is 3.43. The Morgan fingerprint density at radius 1 is 1.26 bits per heavy atom. The van der Waals surface area contributed by atoms with Crippen LogP contribution in [0.25, 0.3) is 0 Å². The van der Waals surface area contributed by atoms with Gasteiger partial charge in [0.25, 0.3) is 0 Å². The monoisotopic (exact) mass is 570 g/mol. The Hall–Kier alpha value is -3.19. The molecule has 1 unspecified atom stereocenters. The number of nitrogens with zero attached hydrogens (tertiary/aromatic N) is 5. The number of dihydropyridines is 1. The van der Waals surface area contributed by atoms with Crippen molar-refractivity contribution in [3.63, 3.8) is 0 Å². The van der Waals surface area contributed by atoms with Crippen LogP contribution in [0.15, 0.2) is 41.2 Å². The van der Waals surface area contributed by atoms with Gasteiger partial charge in [0, 0.05) is 42.8 Å². The smallest absolute Gasteiger partial charge is 0.191 e. The maximum absolute atomic E-state index is 14.9. The summed E-state index contributed by atoms with van der Waals surface area (Å²) in [6.07, 6.45) is 6.52. The van der Waals surface area contributed by atoms with E-state index in [1.807, 2.05) is 6.08 Å². The van der Waals surface area contributed by atoms with Gasteiger partial charge >= 0.3 is 0 Å². The van der Waals surface area contributed by atoms with Crippen LogP contribution in [0.4, 0.5) is 10.1 Å². The summed E-state index contributed by atoms with van der Waals surface area (Å²) in [5.41, 5.74) is 8.22. The molecule has 39 heavy (non-hydrogen) atoms. The summed E-state index contributed by atoms with van der Waals surface area (Å²) in [7, 11) is 0. The molecule has 4 N–H and O–H groups in total. The van der Waals surface area contributed by atoms with Gasteiger partial charge in [0.05, 0.1) is 39.2 Å². The molecule has 204 valence electrons. The molecule has 0 aliphatic carbocycles. The second-order valence-corrected chi connectivity index (χ2v) is 11.4. The van der Waals surface area contributed by atoms with Gasteiger partial charge in [0.15, 0.2) is 17.3 Å². The van der Waals surface area contributed by atoms with Crippen LogP contribution in [0, 0.1) is 23.1 Å². The molecule has 5 rings (SSSR count). The summed E-state index contributed by atoms with van der Waals surface area (Å²) >= 11 is 12.5. The molecule has 3 aliphatic rings. The van der Waals surface area contributed by atoms with E-state index in [1.54, 1.807) is 6.92 Å². The first-order chi connectivity index (χ1) is 18.6. The first-order valence-corrected chi connectivity index (χ1v) is 13.7. The Morgan fingerprint density at radius 2 is 1.92 bits per heavy atom. The lowest BCUT2D eigenvalue weighted by molar-refractivity contribution is -0.117. The highest BCUT2D eigenvalue weighted by molar-refractivity contribution is 6.35. The minimum atomic E-state index is -0.671. The van der Waals surface area contributed by atoms with Gasteiger partial charge in [-0.25, -0.2) is 4.39 Å². The number of aromatic nitrogens is 1. The zero-order chi connectivity index (χ0) is 27.9. The lowest BCUT2D eigenvalue weighted by Crippen LogP contribution is -2.69. The Labute approximate surface area is 237 Å². The lowest BCUT2D eigenvalue weighted by atomic mass is 9.87. The van der Waals surface area contributed by atoms with Crippen LogP contribution in [0.3, 0.4) is 0 Å². The molecule has 3 aliphatic heterocycles. The molecular weight excluding hydrogens is 540 g/mol. The van der Waals surface area contributed by atoms with Crippen molar-refractivity contribution < 1.29 is 14.5 Å². The zero-order valence-corrected chi connectivity index (χ0v) is 23.4. The molecule has 2 aromatic rings. The van der Waals surface area contributed by atoms with Crippen molar-refractivity contribution >= 4 is 40.4 Å². The number of likely N-dealkylation sites (tertiary alicyclic amines) is 2. The molecule has 0 saturated carbocycles. The molecule has 2 fully saturated rings. The summed E-state index contributed by atoms with van der Waals surface area (Å²) < 4.78 is 20.8. The van der Waals surface area contributed by atoms with E-state index >= 15 is 0 Å². The van der Waals surface area contributed by atoms with E-state index in [-0.39, 0.29) is 22.9 Å². The number of ether oxygens (including phenoxy) is 1. The third kappa shape index (κ3) is 5.21. The van der Waals surface area contributed by atoms with Crippen LogP contribution in [-0.4, -0.2) is 64.6 Å². The standard InChI is InChI=1S/C28H30Cl2FN7O/c1-16(25-20(29)12-35-13-21(25)30)39-24-8-19(23(33)9-22(24)31)26(34)18-7-17(10-32)27(36-11-18)37-14-28(2,15-37)38-5-3-4-6-38/h7-9,12-13,16,18,34H,3-6,11,14-15,33H2,1-2H3/p+1/t16-,18?/m1/s1. The molecular formula is C28H31Cl2FN7O+. The van der Waals surface area contributed by atoms with Crippen LogP contribution in [0.2, 0.25) is 10.0 Å². The summed E-state index contributed by atoms with van der Waals surface area (Å²) in [6, 6.07) is 4.93. The van der Waals surface area contributed by atoms with Crippen molar-refractivity contribution in [3.8, 4) is 11.8 Å². The third-order valence-corrected chi connectivity index (χ3v) is 8.42. The average molecular weight is 572 g/mol. The zero-order valence-electron chi connectivity index (χ0n) is 21.9. The van der Waals surface area contributed by atoms with E-state index in [2.05, 4.69) is 27.8 Å². The van der Waals surface area contributed by atoms with E-state index < -0.39 is 11.9 Å².